The fourth-order valence-corrected chi connectivity index (χ4v) is 3.92. The van der Waals surface area contributed by atoms with Gasteiger partial charge in [0.25, 0.3) is 0 Å². The van der Waals surface area contributed by atoms with E-state index < -0.39 is 0 Å². The predicted molar refractivity (Wildman–Crippen MR) is 101 cm³/mol. The zero-order valence-electron chi connectivity index (χ0n) is 16.2. The third-order valence-electron chi connectivity index (χ3n) is 5.44. The summed E-state index contributed by atoms with van der Waals surface area (Å²) < 4.78 is 5.83. The van der Waals surface area contributed by atoms with Gasteiger partial charge in [-0.2, -0.15) is 0 Å². The van der Waals surface area contributed by atoms with E-state index in [2.05, 4.69) is 40.5 Å². The van der Waals surface area contributed by atoms with Crippen LogP contribution in [0.15, 0.2) is 18.6 Å². The zero-order chi connectivity index (χ0) is 18.6. The standard InChI is InChI=1S/C19H31N5O2/c1-4-22(16-5-12-26-19(2,3)13-16)15-18(25)24-10-8-23(9-11-24)17-14-20-6-7-21-17/h6-7,14,16H,4-5,8-13,15H2,1-3H3. The van der Waals surface area contributed by atoms with Gasteiger partial charge in [-0.25, -0.2) is 4.98 Å². The average Bonchev–Trinajstić information content (AvgIpc) is 2.66. The van der Waals surface area contributed by atoms with E-state index in [1.54, 1.807) is 18.6 Å². The van der Waals surface area contributed by atoms with Crippen molar-refractivity contribution in [3.05, 3.63) is 18.6 Å². The molecule has 3 heterocycles. The van der Waals surface area contributed by atoms with Gasteiger partial charge in [0, 0.05) is 51.2 Å². The first-order valence-corrected chi connectivity index (χ1v) is 9.65. The molecule has 0 aromatic carbocycles. The van der Waals surface area contributed by atoms with Crippen molar-refractivity contribution >= 4 is 11.7 Å². The Bertz CT molecular complexity index is 587. The van der Waals surface area contributed by atoms with E-state index in [0.29, 0.717) is 12.6 Å². The van der Waals surface area contributed by atoms with E-state index >= 15 is 0 Å². The molecule has 1 aromatic rings. The minimum absolute atomic E-state index is 0.0955. The van der Waals surface area contributed by atoms with Crippen LogP contribution in [0.3, 0.4) is 0 Å². The molecule has 2 aliphatic heterocycles. The minimum Gasteiger partial charge on any atom is -0.375 e. The number of carbonyl (C=O) groups excluding carboxylic acids is 1. The maximum absolute atomic E-state index is 12.8. The van der Waals surface area contributed by atoms with E-state index in [0.717, 1.165) is 58.0 Å². The van der Waals surface area contributed by atoms with Crippen molar-refractivity contribution in [2.75, 3.05) is 50.8 Å². The molecule has 0 N–H and O–H groups in total. The van der Waals surface area contributed by atoms with Crippen LogP contribution in [0.2, 0.25) is 0 Å². The lowest BCUT2D eigenvalue weighted by Gasteiger charge is -2.42. The normalized spacial score (nSPS) is 23.3. The first-order valence-electron chi connectivity index (χ1n) is 9.65. The summed E-state index contributed by atoms with van der Waals surface area (Å²) in [6, 6.07) is 0.425. The molecule has 0 radical (unpaired) electrons. The second kappa shape index (κ2) is 8.31. The number of nitrogens with zero attached hydrogens (tertiary/aromatic N) is 5. The van der Waals surface area contributed by atoms with Crippen LogP contribution in [0.25, 0.3) is 0 Å². The smallest absolute Gasteiger partial charge is 0.236 e. The van der Waals surface area contributed by atoms with E-state index in [9.17, 15) is 4.79 Å². The molecule has 1 aromatic heterocycles. The van der Waals surface area contributed by atoms with Gasteiger partial charge in [-0.3, -0.25) is 14.7 Å². The second-order valence-corrected chi connectivity index (χ2v) is 7.75. The number of hydrogen-bond acceptors (Lipinski definition) is 6. The number of piperazine rings is 1. The Balaban J connectivity index is 1.51. The Kier molecular flexibility index (Phi) is 6.09. The number of carbonyl (C=O) groups is 1. The van der Waals surface area contributed by atoms with Crippen LogP contribution in [0.4, 0.5) is 5.82 Å². The molecule has 2 saturated heterocycles. The quantitative estimate of drug-likeness (QED) is 0.790. The molecular formula is C19H31N5O2. The van der Waals surface area contributed by atoms with Gasteiger partial charge in [0.1, 0.15) is 5.82 Å². The fourth-order valence-electron chi connectivity index (χ4n) is 3.92. The number of rotatable bonds is 5. The van der Waals surface area contributed by atoms with Crippen LogP contribution in [0, 0.1) is 0 Å². The second-order valence-electron chi connectivity index (χ2n) is 7.75. The summed E-state index contributed by atoms with van der Waals surface area (Å²) in [6.45, 7) is 11.7. The molecule has 1 unspecified atom stereocenters. The van der Waals surface area contributed by atoms with Crippen molar-refractivity contribution in [1.82, 2.24) is 19.8 Å². The highest BCUT2D eigenvalue weighted by atomic mass is 16.5. The lowest BCUT2D eigenvalue weighted by molar-refractivity contribution is -0.135. The van der Waals surface area contributed by atoms with Crippen LogP contribution in [-0.4, -0.2) is 83.2 Å². The minimum atomic E-state index is -0.0955. The molecule has 1 amide bonds. The molecular weight excluding hydrogens is 330 g/mol. The van der Waals surface area contributed by atoms with E-state index in [-0.39, 0.29) is 11.5 Å². The fraction of sp³-hybridized carbons (Fsp3) is 0.737. The largest absolute Gasteiger partial charge is 0.375 e. The Hall–Kier alpha value is -1.73. The van der Waals surface area contributed by atoms with Crippen molar-refractivity contribution in [3.8, 4) is 0 Å². The van der Waals surface area contributed by atoms with Crippen molar-refractivity contribution in [2.45, 2.75) is 45.3 Å². The summed E-state index contributed by atoms with van der Waals surface area (Å²) in [5, 5.41) is 0. The highest BCUT2D eigenvalue weighted by Crippen LogP contribution is 2.27. The zero-order valence-corrected chi connectivity index (χ0v) is 16.2. The number of aromatic nitrogens is 2. The van der Waals surface area contributed by atoms with Crippen molar-refractivity contribution in [2.24, 2.45) is 0 Å². The molecule has 0 bridgehead atoms. The lowest BCUT2D eigenvalue weighted by atomic mass is 9.93. The van der Waals surface area contributed by atoms with Gasteiger partial charge >= 0.3 is 0 Å². The summed E-state index contributed by atoms with van der Waals surface area (Å²) in [5.74, 6) is 1.12. The summed E-state index contributed by atoms with van der Waals surface area (Å²) in [5.41, 5.74) is -0.0955. The monoisotopic (exact) mass is 361 g/mol. The molecule has 3 rings (SSSR count). The summed E-state index contributed by atoms with van der Waals surface area (Å²) in [7, 11) is 0. The number of hydrogen-bond donors (Lipinski definition) is 0. The maximum atomic E-state index is 12.8. The van der Waals surface area contributed by atoms with Crippen molar-refractivity contribution < 1.29 is 9.53 Å². The summed E-state index contributed by atoms with van der Waals surface area (Å²) in [4.78, 5) is 27.8. The molecule has 1 atom stereocenters. The Morgan fingerprint density at radius 2 is 2.08 bits per heavy atom. The molecule has 2 fully saturated rings. The van der Waals surface area contributed by atoms with Gasteiger partial charge in [-0.05, 0) is 33.2 Å². The number of ether oxygens (including phenoxy) is 1. The molecule has 144 valence electrons. The van der Waals surface area contributed by atoms with E-state index in [1.165, 1.54) is 0 Å². The molecule has 0 saturated carbocycles. The average molecular weight is 361 g/mol. The van der Waals surface area contributed by atoms with Gasteiger partial charge in [0.05, 0.1) is 18.3 Å². The first-order chi connectivity index (χ1) is 12.5. The van der Waals surface area contributed by atoms with Crippen LogP contribution in [-0.2, 0) is 9.53 Å². The van der Waals surface area contributed by atoms with Crippen molar-refractivity contribution in [1.29, 1.82) is 0 Å². The summed E-state index contributed by atoms with van der Waals surface area (Å²) >= 11 is 0. The van der Waals surface area contributed by atoms with E-state index in [4.69, 9.17) is 4.74 Å². The van der Waals surface area contributed by atoms with Crippen LogP contribution in [0.1, 0.15) is 33.6 Å². The Morgan fingerprint density at radius 3 is 2.69 bits per heavy atom. The number of amides is 1. The Morgan fingerprint density at radius 1 is 1.31 bits per heavy atom. The van der Waals surface area contributed by atoms with Crippen molar-refractivity contribution in [3.63, 3.8) is 0 Å². The lowest BCUT2D eigenvalue weighted by Crippen LogP contribution is -2.53. The van der Waals surface area contributed by atoms with Gasteiger partial charge in [-0.1, -0.05) is 6.92 Å². The number of likely N-dealkylation sites (N-methyl/N-ethyl adjacent to an activating group) is 1. The van der Waals surface area contributed by atoms with Gasteiger partial charge in [0.15, 0.2) is 0 Å². The molecule has 0 aliphatic carbocycles. The number of anilines is 1. The van der Waals surface area contributed by atoms with E-state index in [1.807, 2.05) is 4.90 Å². The first kappa shape index (κ1) is 19.0. The van der Waals surface area contributed by atoms with Crippen LogP contribution in [0.5, 0.6) is 0 Å². The van der Waals surface area contributed by atoms with Gasteiger partial charge in [0.2, 0.25) is 5.91 Å². The van der Waals surface area contributed by atoms with Crippen LogP contribution >= 0.6 is 0 Å². The molecule has 7 heteroatoms. The highest BCUT2D eigenvalue weighted by molar-refractivity contribution is 5.78. The molecule has 2 aliphatic rings. The van der Waals surface area contributed by atoms with Crippen LogP contribution < -0.4 is 4.90 Å². The summed E-state index contributed by atoms with van der Waals surface area (Å²) in [6.07, 6.45) is 7.16. The highest BCUT2D eigenvalue weighted by Gasteiger charge is 2.33. The molecule has 0 spiro atoms. The topological polar surface area (TPSA) is 61.8 Å². The Labute approximate surface area is 156 Å². The van der Waals surface area contributed by atoms with Gasteiger partial charge < -0.3 is 14.5 Å². The molecule has 26 heavy (non-hydrogen) atoms. The predicted octanol–water partition coefficient (Wildman–Crippen LogP) is 1.40. The third kappa shape index (κ3) is 4.71. The third-order valence-corrected chi connectivity index (χ3v) is 5.44. The molecule has 7 nitrogen and oxygen atoms in total. The maximum Gasteiger partial charge on any atom is 0.236 e. The van der Waals surface area contributed by atoms with Gasteiger partial charge in [-0.15, -0.1) is 0 Å². The SMILES string of the molecule is CCN(CC(=O)N1CCN(c2cnccn2)CC1)C1CCOC(C)(C)C1.